The van der Waals surface area contributed by atoms with Crippen LogP contribution in [0.3, 0.4) is 0 Å². The molecule has 3 nitrogen and oxygen atoms in total. The summed E-state index contributed by atoms with van der Waals surface area (Å²) in [7, 11) is 0. The van der Waals surface area contributed by atoms with Crippen molar-refractivity contribution in [3.05, 3.63) is 71.4 Å². The Hall–Kier alpha value is -2.36. The van der Waals surface area contributed by atoms with Crippen molar-refractivity contribution in [2.45, 2.75) is 6.54 Å². The van der Waals surface area contributed by atoms with Gasteiger partial charge in [-0.1, -0.05) is 48.0 Å². The van der Waals surface area contributed by atoms with Gasteiger partial charge in [0.1, 0.15) is 0 Å². The standard InChI is InChI=1S/C18H16ClN3/c19-14-6-3-5-12(10-14)15-8-9-22-18(17(15)21)16-7-2-1-4-13(16)11-20/h1-10H,11,20-21H2. The molecule has 3 aromatic rings. The lowest BCUT2D eigenvalue weighted by molar-refractivity contribution is 1.07. The minimum Gasteiger partial charge on any atom is -0.396 e. The molecule has 0 saturated carbocycles. The number of hydrogen-bond donors (Lipinski definition) is 2. The first-order valence-corrected chi connectivity index (χ1v) is 7.37. The molecular weight excluding hydrogens is 294 g/mol. The number of nitrogen functional groups attached to an aromatic ring is 1. The smallest absolute Gasteiger partial charge is 0.0940 e. The maximum atomic E-state index is 6.37. The summed E-state index contributed by atoms with van der Waals surface area (Å²) >= 11 is 6.08. The Balaban J connectivity index is 2.18. The average molecular weight is 310 g/mol. The topological polar surface area (TPSA) is 64.9 Å². The van der Waals surface area contributed by atoms with Crippen LogP contribution >= 0.6 is 11.6 Å². The largest absolute Gasteiger partial charge is 0.396 e. The maximum absolute atomic E-state index is 6.37. The van der Waals surface area contributed by atoms with E-state index in [-0.39, 0.29) is 0 Å². The Morgan fingerprint density at radius 2 is 1.77 bits per heavy atom. The van der Waals surface area contributed by atoms with E-state index in [0.717, 1.165) is 27.9 Å². The van der Waals surface area contributed by atoms with E-state index in [1.807, 2.05) is 54.6 Å². The van der Waals surface area contributed by atoms with Gasteiger partial charge in [-0.3, -0.25) is 4.98 Å². The van der Waals surface area contributed by atoms with Gasteiger partial charge in [0.25, 0.3) is 0 Å². The SMILES string of the molecule is NCc1ccccc1-c1nccc(-c2cccc(Cl)c2)c1N. The number of aromatic nitrogens is 1. The highest BCUT2D eigenvalue weighted by Crippen LogP contribution is 2.35. The predicted molar refractivity (Wildman–Crippen MR) is 92.4 cm³/mol. The van der Waals surface area contributed by atoms with E-state index >= 15 is 0 Å². The van der Waals surface area contributed by atoms with Gasteiger partial charge in [-0.2, -0.15) is 0 Å². The van der Waals surface area contributed by atoms with E-state index in [1.165, 1.54) is 0 Å². The molecule has 4 heteroatoms. The normalized spacial score (nSPS) is 10.6. The molecular formula is C18H16ClN3. The van der Waals surface area contributed by atoms with E-state index in [0.29, 0.717) is 17.3 Å². The van der Waals surface area contributed by atoms with E-state index in [1.54, 1.807) is 6.20 Å². The van der Waals surface area contributed by atoms with Crippen molar-refractivity contribution in [2.24, 2.45) is 5.73 Å². The van der Waals surface area contributed by atoms with E-state index in [2.05, 4.69) is 4.98 Å². The summed E-state index contributed by atoms with van der Waals surface area (Å²) in [6.07, 6.45) is 1.76. The number of pyridine rings is 1. The zero-order valence-corrected chi connectivity index (χ0v) is 12.7. The molecule has 0 bridgehead atoms. The summed E-state index contributed by atoms with van der Waals surface area (Å²) < 4.78 is 0. The Kier molecular flexibility index (Phi) is 4.09. The highest BCUT2D eigenvalue weighted by molar-refractivity contribution is 6.30. The summed E-state index contributed by atoms with van der Waals surface area (Å²) in [6.45, 7) is 0.443. The van der Waals surface area contributed by atoms with E-state index < -0.39 is 0 Å². The molecule has 0 amide bonds. The third-order valence-electron chi connectivity index (χ3n) is 3.62. The monoisotopic (exact) mass is 309 g/mol. The summed E-state index contributed by atoms with van der Waals surface area (Å²) in [5, 5.41) is 0.678. The second-order valence-corrected chi connectivity index (χ2v) is 5.43. The van der Waals surface area contributed by atoms with Gasteiger partial charge in [-0.15, -0.1) is 0 Å². The van der Waals surface area contributed by atoms with Gasteiger partial charge in [0.05, 0.1) is 11.4 Å². The van der Waals surface area contributed by atoms with Crippen LogP contribution in [-0.2, 0) is 6.54 Å². The average Bonchev–Trinajstić information content (AvgIpc) is 2.55. The molecule has 0 radical (unpaired) electrons. The molecule has 1 aromatic heterocycles. The number of benzene rings is 2. The Labute approximate surface area is 134 Å². The molecule has 0 spiro atoms. The first-order valence-electron chi connectivity index (χ1n) is 6.99. The zero-order valence-electron chi connectivity index (χ0n) is 12.0. The lowest BCUT2D eigenvalue weighted by Gasteiger charge is -2.13. The molecule has 0 aliphatic rings. The van der Waals surface area contributed by atoms with Gasteiger partial charge in [0.15, 0.2) is 0 Å². The van der Waals surface area contributed by atoms with Crippen LogP contribution in [0.4, 0.5) is 5.69 Å². The predicted octanol–water partition coefficient (Wildman–Crippen LogP) is 4.11. The lowest BCUT2D eigenvalue weighted by atomic mass is 9.98. The molecule has 110 valence electrons. The van der Waals surface area contributed by atoms with Crippen molar-refractivity contribution in [3.8, 4) is 22.4 Å². The first-order chi connectivity index (χ1) is 10.7. The number of hydrogen-bond acceptors (Lipinski definition) is 3. The van der Waals surface area contributed by atoms with Crippen molar-refractivity contribution < 1.29 is 0 Å². The Bertz CT molecular complexity index is 815. The molecule has 3 rings (SSSR count). The fourth-order valence-corrected chi connectivity index (χ4v) is 2.72. The number of rotatable bonds is 3. The van der Waals surface area contributed by atoms with Gasteiger partial charge < -0.3 is 11.5 Å². The summed E-state index contributed by atoms with van der Waals surface area (Å²) in [5.41, 5.74) is 17.4. The molecule has 0 aliphatic carbocycles. The van der Waals surface area contributed by atoms with Crippen molar-refractivity contribution in [3.63, 3.8) is 0 Å². The summed E-state index contributed by atoms with van der Waals surface area (Å²) in [6, 6.07) is 17.4. The van der Waals surface area contributed by atoms with Crippen molar-refractivity contribution >= 4 is 17.3 Å². The third kappa shape index (κ3) is 2.69. The van der Waals surface area contributed by atoms with E-state index in [9.17, 15) is 0 Å². The highest BCUT2D eigenvalue weighted by atomic mass is 35.5. The van der Waals surface area contributed by atoms with Crippen LogP contribution in [-0.4, -0.2) is 4.98 Å². The van der Waals surface area contributed by atoms with E-state index in [4.69, 9.17) is 23.1 Å². The molecule has 0 atom stereocenters. The summed E-state index contributed by atoms with van der Waals surface area (Å²) in [4.78, 5) is 4.45. The number of nitrogens with two attached hydrogens (primary N) is 2. The van der Waals surface area contributed by atoms with Crippen LogP contribution < -0.4 is 11.5 Å². The third-order valence-corrected chi connectivity index (χ3v) is 3.85. The van der Waals surface area contributed by atoms with Gasteiger partial charge in [0, 0.05) is 28.9 Å². The van der Waals surface area contributed by atoms with Gasteiger partial charge in [0.2, 0.25) is 0 Å². The molecule has 0 aliphatic heterocycles. The molecule has 2 aromatic carbocycles. The first kappa shape index (κ1) is 14.6. The van der Waals surface area contributed by atoms with Gasteiger partial charge in [-0.25, -0.2) is 0 Å². The number of nitrogens with zero attached hydrogens (tertiary/aromatic N) is 1. The number of anilines is 1. The zero-order chi connectivity index (χ0) is 15.5. The molecule has 0 unspecified atom stereocenters. The fraction of sp³-hybridized carbons (Fsp3) is 0.0556. The highest BCUT2D eigenvalue weighted by Gasteiger charge is 2.12. The quantitative estimate of drug-likeness (QED) is 0.765. The maximum Gasteiger partial charge on any atom is 0.0940 e. The van der Waals surface area contributed by atoms with Crippen molar-refractivity contribution in [2.75, 3.05) is 5.73 Å². The van der Waals surface area contributed by atoms with Crippen LogP contribution in [0.15, 0.2) is 60.8 Å². The molecule has 0 saturated heterocycles. The second kappa shape index (κ2) is 6.18. The van der Waals surface area contributed by atoms with Crippen LogP contribution in [0, 0.1) is 0 Å². The second-order valence-electron chi connectivity index (χ2n) is 4.99. The van der Waals surface area contributed by atoms with Crippen LogP contribution in [0.5, 0.6) is 0 Å². The minimum absolute atomic E-state index is 0.443. The Morgan fingerprint density at radius 3 is 2.55 bits per heavy atom. The van der Waals surface area contributed by atoms with Crippen molar-refractivity contribution in [1.29, 1.82) is 0 Å². The van der Waals surface area contributed by atoms with Crippen LogP contribution in [0.25, 0.3) is 22.4 Å². The van der Waals surface area contributed by atoms with Crippen LogP contribution in [0.1, 0.15) is 5.56 Å². The molecule has 22 heavy (non-hydrogen) atoms. The molecule has 1 heterocycles. The molecule has 4 N–H and O–H groups in total. The fourth-order valence-electron chi connectivity index (χ4n) is 2.52. The minimum atomic E-state index is 0.443. The number of halogens is 1. The van der Waals surface area contributed by atoms with Crippen molar-refractivity contribution in [1.82, 2.24) is 4.98 Å². The summed E-state index contributed by atoms with van der Waals surface area (Å²) in [5.74, 6) is 0. The lowest BCUT2D eigenvalue weighted by Crippen LogP contribution is -2.02. The van der Waals surface area contributed by atoms with Gasteiger partial charge >= 0.3 is 0 Å². The van der Waals surface area contributed by atoms with Crippen LogP contribution in [0.2, 0.25) is 5.02 Å². The van der Waals surface area contributed by atoms with Gasteiger partial charge in [-0.05, 0) is 29.3 Å². The Morgan fingerprint density at radius 1 is 0.955 bits per heavy atom. The molecule has 0 fully saturated rings.